The number of carbonyl (C=O) groups is 8. The number of esters is 2. The Kier molecular flexibility index (Phi) is 20.5. The molecule has 0 spiro atoms. The van der Waals surface area contributed by atoms with Crippen molar-refractivity contribution in [3.05, 3.63) is 129 Å². The van der Waals surface area contributed by atoms with Crippen LogP contribution in [0.5, 0.6) is 11.5 Å². The molecule has 4 aromatic rings. The van der Waals surface area contributed by atoms with E-state index in [0.29, 0.717) is 25.7 Å². The minimum absolute atomic E-state index is 0.0773. The van der Waals surface area contributed by atoms with Crippen LogP contribution >= 0.6 is 0 Å². The second-order valence-corrected chi connectivity index (χ2v) is 15.5. The van der Waals surface area contributed by atoms with Crippen LogP contribution < -0.4 is 9.47 Å². The zero-order valence-electron chi connectivity index (χ0n) is 37.3. The van der Waals surface area contributed by atoms with Gasteiger partial charge in [-0.3, -0.25) is 28.8 Å². The van der Waals surface area contributed by atoms with Crippen LogP contribution in [0.25, 0.3) is 0 Å². The van der Waals surface area contributed by atoms with Gasteiger partial charge >= 0.3 is 23.9 Å². The Labute approximate surface area is 374 Å². The van der Waals surface area contributed by atoms with E-state index >= 15 is 0 Å². The lowest BCUT2D eigenvalue weighted by atomic mass is 9.94. The minimum Gasteiger partial charge on any atom is -0.426 e. The molecule has 64 heavy (non-hydrogen) atoms. The molecule has 12 heteroatoms. The standard InChI is InChI=1S/C52H58O12/c1-5-9-11-13-15-27-43(53)35-29-31-45(61-47(55)21-7-3)41(33-35)49(57)37-23-17-19-25-39(37)51(59)63-64-52(60)40-26-20-18-24-38(40)50(58)42-34-36(44(54)28-16-14-12-10-6-2)30-32-46(42)62-48(56)22-8-4/h17-20,23-26,29-34H,5-16,21-22,27-28H2,1-4H3. The smallest absolute Gasteiger partial charge is 0.387 e. The van der Waals surface area contributed by atoms with Crippen LogP contribution in [0.1, 0.15) is 204 Å². The van der Waals surface area contributed by atoms with E-state index in [1.807, 2.05) is 0 Å². The molecule has 4 aromatic carbocycles. The second kappa shape index (κ2) is 26.2. The van der Waals surface area contributed by atoms with Crippen LogP contribution in [0.3, 0.4) is 0 Å². The van der Waals surface area contributed by atoms with Crippen molar-refractivity contribution in [1.29, 1.82) is 0 Å². The third-order valence-corrected chi connectivity index (χ3v) is 10.4. The fraction of sp³-hybridized carbons (Fsp3) is 0.385. The summed E-state index contributed by atoms with van der Waals surface area (Å²) in [6.45, 7) is 7.79. The molecule has 0 N–H and O–H groups in total. The number of Topliss-reactive ketones (excluding diaryl/α,β-unsaturated/α-hetero) is 2. The molecule has 0 bridgehead atoms. The zero-order chi connectivity index (χ0) is 46.4. The fourth-order valence-corrected chi connectivity index (χ4v) is 6.94. The van der Waals surface area contributed by atoms with Crippen LogP contribution in [0.15, 0.2) is 84.9 Å². The monoisotopic (exact) mass is 874 g/mol. The van der Waals surface area contributed by atoms with Gasteiger partial charge in [0.05, 0.1) is 22.3 Å². The highest BCUT2D eigenvalue weighted by Gasteiger charge is 2.28. The van der Waals surface area contributed by atoms with Gasteiger partial charge in [0.15, 0.2) is 23.1 Å². The van der Waals surface area contributed by atoms with Crippen molar-refractivity contribution in [3.8, 4) is 11.5 Å². The van der Waals surface area contributed by atoms with Gasteiger partial charge in [0.2, 0.25) is 0 Å². The number of rotatable bonds is 26. The summed E-state index contributed by atoms with van der Waals surface area (Å²) in [6, 6.07) is 19.6. The number of ether oxygens (including phenoxy) is 2. The van der Waals surface area contributed by atoms with Crippen LogP contribution in [0, 0.1) is 0 Å². The Morgan fingerprint density at radius 2 is 0.734 bits per heavy atom. The van der Waals surface area contributed by atoms with Gasteiger partial charge < -0.3 is 9.47 Å². The summed E-state index contributed by atoms with van der Waals surface area (Å²) in [6.07, 6.45) is 11.0. The fourth-order valence-electron chi connectivity index (χ4n) is 6.94. The molecule has 0 saturated carbocycles. The number of hydrogen-bond acceptors (Lipinski definition) is 12. The van der Waals surface area contributed by atoms with Crippen molar-refractivity contribution in [3.63, 3.8) is 0 Å². The third-order valence-electron chi connectivity index (χ3n) is 10.4. The third kappa shape index (κ3) is 14.5. The SMILES string of the molecule is CCCCCCCC(=O)c1ccc(OC(=O)CCC)c(C(=O)c2ccccc2C(=O)OOC(=O)c2ccccc2C(=O)c2cc(C(=O)CCCCCCC)ccc2OC(=O)CCC)c1. The quantitative estimate of drug-likeness (QED) is 0.0146. The first-order valence-corrected chi connectivity index (χ1v) is 22.4. The molecule has 4 rings (SSSR count). The van der Waals surface area contributed by atoms with Gasteiger partial charge in [0, 0.05) is 47.9 Å². The summed E-state index contributed by atoms with van der Waals surface area (Å²) < 4.78 is 11.1. The average Bonchev–Trinajstić information content (AvgIpc) is 3.30. The Hall–Kier alpha value is -6.56. The van der Waals surface area contributed by atoms with Crippen LogP contribution in [-0.2, 0) is 19.4 Å². The Balaban J connectivity index is 1.59. The summed E-state index contributed by atoms with van der Waals surface area (Å²) >= 11 is 0. The maximum Gasteiger partial charge on any atom is 0.387 e. The van der Waals surface area contributed by atoms with Gasteiger partial charge in [-0.05, 0) is 74.2 Å². The summed E-state index contributed by atoms with van der Waals surface area (Å²) in [5.41, 5.74) is -0.820. The largest absolute Gasteiger partial charge is 0.426 e. The highest BCUT2D eigenvalue weighted by atomic mass is 17.2. The average molecular weight is 875 g/mol. The van der Waals surface area contributed by atoms with E-state index in [-0.39, 0.29) is 93.3 Å². The topological polar surface area (TPSA) is 173 Å². The van der Waals surface area contributed by atoms with Gasteiger partial charge in [-0.2, -0.15) is 0 Å². The normalized spacial score (nSPS) is 10.8. The second-order valence-electron chi connectivity index (χ2n) is 15.5. The Morgan fingerprint density at radius 3 is 1.09 bits per heavy atom. The highest BCUT2D eigenvalue weighted by molar-refractivity contribution is 6.18. The number of benzene rings is 4. The van der Waals surface area contributed by atoms with E-state index in [0.717, 1.165) is 51.4 Å². The van der Waals surface area contributed by atoms with E-state index in [1.54, 1.807) is 13.8 Å². The van der Waals surface area contributed by atoms with E-state index in [2.05, 4.69) is 13.8 Å². The molecule has 0 heterocycles. The van der Waals surface area contributed by atoms with Gasteiger partial charge in [-0.25, -0.2) is 19.4 Å². The predicted molar refractivity (Wildman–Crippen MR) is 240 cm³/mol. The van der Waals surface area contributed by atoms with Gasteiger partial charge in [-0.1, -0.05) is 115 Å². The molecule has 0 fully saturated rings. The predicted octanol–water partition coefficient (Wildman–Crippen LogP) is 11.6. The minimum atomic E-state index is -1.24. The molecular formula is C52H58O12. The first-order chi connectivity index (χ1) is 30.9. The molecule has 0 amide bonds. The first kappa shape index (κ1) is 50.1. The van der Waals surface area contributed by atoms with Crippen molar-refractivity contribution >= 4 is 47.0 Å². The van der Waals surface area contributed by atoms with Gasteiger partial charge in [0.25, 0.3) is 0 Å². The van der Waals surface area contributed by atoms with Crippen molar-refractivity contribution in [2.75, 3.05) is 0 Å². The molecule has 0 aliphatic heterocycles. The van der Waals surface area contributed by atoms with E-state index in [4.69, 9.17) is 19.2 Å². The molecule has 0 aliphatic rings. The van der Waals surface area contributed by atoms with E-state index in [9.17, 15) is 38.4 Å². The van der Waals surface area contributed by atoms with Gasteiger partial charge in [-0.15, -0.1) is 0 Å². The number of carbonyl (C=O) groups excluding carboxylic acids is 8. The van der Waals surface area contributed by atoms with Crippen molar-refractivity contribution in [2.45, 2.75) is 130 Å². The molecule has 0 aliphatic carbocycles. The van der Waals surface area contributed by atoms with Crippen LogP contribution in [-0.4, -0.2) is 47.0 Å². The Morgan fingerprint density at radius 1 is 0.375 bits per heavy atom. The number of hydrogen-bond donors (Lipinski definition) is 0. The molecule has 0 unspecified atom stereocenters. The van der Waals surface area contributed by atoms with Crippen molar-refractivity contribution in [2.24, 2.45) is 0 Å². The summed E-state index contributed by atoms with van der Waals surface area (Å²) in [4.78, 5) is 117. The maximum absolute atomic E-state index is 14.2. The molecule has 0 saturated heterocycles. The summed E-state index contributed by atoms with van der Waals surface area (Å²) in [7, 11) is 0. The van der Waals surface area contributed by atoms with E-state index < -0.39 is 35.4 Å². The molecule has 0 aromatic heterocycles. The molecule has 12 nitrogen and oxygen atoms in total. The van der Waals surface area contributed by atoms with E-state index in [1.165, 1.54) is 84.9 Å². The molecule has 0 radical (unpaired) electrons. The Bertz CT molecular complexity index is 2140. The molecule has 0 atom stereocenters. The lowest BCUT2D eigenvalue weighted by molar-refractivity contribution is -0.187. The lowest BCUT2D eigenvalue weighted by Crippen LogP contribution is -2.19. The van der Waals surface area contributed by atoms with Crippen LogP contribution in [0.4, 0.5) is 0 Å². The lowest BCUT2D eigenvalue weighted by Gasteiger charge is -2.14. The maximum atomic E-state index is 14.2. The summed E-state index contributed by atoms with van der Waals surface area (Å²) in [5.74, 6) is -5.78. The van der Waals surface area contributed by atoms with Crippen molar-refractivity contribution in [1.82, 2.24) is 0 Å². The first-order valence-electron chi connectivity index (χ1n) is 22.4. The number of ketones is 4. The molecular weight excluding hydrogens is 817 g/mol. The van der Waals surface area contributed by atoms with Crippen molar-refractivity contribution < 1.29 is 57.6 Å². The summed E-state index contributed by atoms with van der Waals surface area (Å²) in [5, 5.41) is 0. The number of unbranched alkanes of at least 4 members (excludes halogenated alkanes) is 8. The highest BCUT2D eigenvalue weighted by Crippen LogP contribution is 2.29. The zero-order valence-corrected chi connectivity index (χ0v) is 37.3. The molecule has 338 valence electrons. The van der Waals surface area contributed by atoms with Gasteiger partial charge in [0.1, 0.15) is 11.5 Å². The van der Waals surface area contributed by atoms with Crippen LogP contribution in [0.2, 0.25) is 0 Å².